The predicted octanol–water partition coefficient (Wildman–Crippen LogP) is 0.159. The lowest BCUT2D eigenvalue weighted by Crippen LogP contribution is -2.42. The van der Waals surface area contributed by atoms with Gasteiger partial charge in [-0.3, -0.25) is 4.21 Å². The molecule has 2 rings (SSSR count). The lowest BCUT2D eigenvalue weighted by molar-refractivity contribution is 0.438. The van der Waals surface area contributed by atoms with E-state index < -0.39 is 20.8 Å². The van der Waals surface area contributed by atoms with Gasteiger partial charge in [0, 0.05) is 41.9 Å². The zero-order chi connectivity index (χ0) is 13.9. The molecule has 1 aliphatic rings. The third-order valence-electron chi connectivity index (χ3n) is 3.09. The molecule has 0 radical (unpaired) electrons. The van der Waals surface area contributed by atoms with Gasteiger partial charge in [-0.15, -0.1) is 0 Å². The summed E-state index contributed by atoms with van der Waals surface area (Å²) in [4.78, 5) is 0.344. The Hall–Kier alpha value is -0.760. The minimum atomic E-state index is -3.48. The van der Waals surface area contributed by atoms with Crippen molar-refractivity contribution in [2.75, 3.05) is 31.6 Å². The molecule has 106 valence electrons. The number of hydrogen-bond donors (Lipinski definition) is 1. The molecule has 1 aromatic rings. The first-order valence-corrected chi connectivity index (χ1v) is 9.06. The highest BCUT2D eigenvalue weighted by atomic mass is 32.2. The van der Waals surface area contributed by atoms with E-state index in [2.05, 4.69) is 5.32 Å². The Kier molecular flexibility index (Phi) is 4.72. The van der Waals surface area contributed by atoms with Gasteiger partial charge in [-0.1, -0.05) is 18.2 Å². The molecule has 0 unspecified atom stereocenters. The van der Waals surface area contributed by atoms with Crippen LogP contribution in [0.1, 0.15) is 5.56 Å². The molecule has 1 heterocycles. The van der Waals surface area contributed by atoms with Crippen LogP contribution in [0.4, 0.5) is 0 Å². The largest absolute Gasteiger partial charge is 0.316 e. The van der Waals surface area contributed by atoms with Crippen molar-refractivity contribution in [2.45, 2.75) is 11.4 Å². The van der Waals surface area contributed by atoms with E-state index >= 15 is 0 Å². The molecule has 0 aliphatic carbocycles. The summed E-state index contributed by atoms with van der Waals surface area (Å²) >= 11 is 0. The van der Waals surface area contributed by atoms with E-state index in [-0.39, 0.29) is 0 Å². The number of rotatable bonds is 4. The third kappa shape index (κ3) is 3.22. The average molecular weight is 302 g/mol. The van der Waals surface area contributed by atoms with Crippen LogP contribution in [0.5, 0.6) is 0 Å². The highest BCUT2D eigenvalue weighted by molar-refractivity contribution is 7.89. The Bertz CT molecular complexity index is 562. The Labute approximate surface area is 116 Å². The summed E-state index contributed by atoms with van der Waals surface area (Å²) in [5, 5.41) is 2.97. The monoisotopic (exact) mass is 302 g/mol. The van der Waals surface area contributed by atoms with Crippen molar-refractivity contribution < 1.29 is 12.6 Å². The number of hydrogen-bond acceptors (Lipinski definition) is 4. The fourth-order valence-electron chi connectivity index (χ4n) is 2.09. The fraction of sp³-hybridized carbons (Fsp3) is 0.500. The summed E-state index contributed by atoms with van der Waals surface area (Å²) < 4.78 is 37.9. The van der Waals surface area contributed by atoms with Crippen molar-refractivity contribution >= 4 is 20.8 Å². The van der Waals surface area contributed by atoms with Crippen LogP contribution in [0.2, 0.25) is 0 Å². The van der Waals surface area contributed by atoms with Gasteiger partial charge in [-0.2, -0.15) is 4.31 Å². The second kappa shape index (κ2) is 6.13. The van der Waals surface area contributed by atoms with Crippen LogP contribution in [0, 0.1) is 0 Å². The van der Waals surface area contributed by atoms with Gasteiger partial charge >= 0.3 is 0 Å². The van der Waals surface area contributed by atoms with E-state index in [4.69, 9.17) is 0 Å². The maximum Gasteiger partial charge on any atom is 0.243 e. The maximum atomic E-state index is 12.6. The fourth-order valence-corrected chi connectivity index (χ4v) is 5.04. The Morgan fingerprint density at radius 2 is 1.89 bits per heavy atom. The highest BCUT2D eigenvalue weighted by Crippen LogP contribution is 2.21. The zero-order valence-corrected chi connectivity index (χ0v) is 12.5. The van der Waals surface area contributed by atoms with Crippen molar-refractivity contribution in [1.29, 1.82) is 0 Å². The molecule has 0 amide bonds. The van der Waals surface area contributed by atoms with E-state index in [0.717, 1.165) is 5.56 Å². The molecule has 1 fully saturated rings. The van der Waals surface area contributed by atoms with Gasteiger partial charge in [0.25, 0.3) is 0 Å². The third-order valence-corrected chi connectivity index (χ3v) is 6.37. The normalized spacial score (nSPS) is 18.6. The number of nitrogens with one attached hydrogen (secondary N) is 1. The lowest BCUT2D eigenvalue weighted by Gasteiger charge is -2.26. The van der Waals surface area contributed by atoms with Crippen molar-refractivity contribution in [1.82, 2.24) is 9.62 Å². The minimum Gasteiger partial charge on any atom is -0.316 e. The smallest absolute Gasteiger partial charge is 0.243 e. The highest BCUT2D eigenvalue weighted by Gasteiger charge is 2.29. The van der Waals surface area contributed by atoms with Crippen LogP contribution in [0.25, 0.3) is 0 Å². The molecule has 0 saturated carbocycles. The van der Waals surface area contributed by atoms with E-state index in [9.17, 15) is 12.6 Å². The summed E-state index contributed by atoms with van der Waals surface area (Å²) in [5.41, 5.74) is 0.761. The summed E-state index contributed by atoms with van der Waals surface area (Å²) in [7, 11) is -2.57. The molecule has 1 aromatic carbocycles. The SMILES string of the molecule is CNCc1ccccc1S(=O)(=O)N1CCS(=O)CC1. The van der Waals surface area contributed by atoms with Crippen LogP contribution in [0.3, 0.4) is 0 Å². The Morgan fingerprint density at radius 3 is 2.53 bits per heavy atom. The zero-order valence-electron chi connectivity index (χ0n) is 10.8. The predicted molar refractivity (Wildman–Crippen MR) is 75.8 cm³/mol. The van der Waals surface area contributed by atoms with E-state index in [1.807, 2.05) is 12.1 Å². The molecular weight excluding hydrogens is 284 g/mol. The molecule has 1 N–H and O–H groups in total. The van der Waals surface area contributed by atoms with Crippen molar-refractivity contribution in [3.63, 3.8) is 0 Å². The van der Waals surface area contributed by atoms with Gasteiger partial charge in [0.15, 0.2) is 0 Å². The summed E-state index contributed by atoms with van der Waals surface area (Å²) in [6, 6.07) is 7.00. The summed E-state index contributed by atoms with van der Waals surface area (Å²) in [5.74, 6) is 0.848. The molecular formula is C12H18N2O3S2. The Morgan fingerprint density at radius 1 is 1.26 bits per heavy atom. The molecule has 7 heteroatoms. The maximum absolute atomic E-state index is 12.6. The van der Waals surface area contributed by atoms with Crippen LogP contribution >= 0.6 is 0 Å². The van der Waals surface area contributed by atoms with Gasteiger partial charge in [0.1, 0.15) is 0 Å². The van der Waals surface area contributed by atoms with Crippen molar-refractivity contribution in [3.8, 4) is 0 Å². The van der Waals surface area contributed by atoms with Crippen molar-refractivity contribution in [2.24, 2.45) is 0 Å². The average Bonchev–Trinajstić information content (AvgIpc) is 2.40. The number of sulfonamides is 1. The van der Waals surface area contributed by atoms with Gasteiger partial charge < -0.3 is 5.32 Å². The quantitative estimate of drug-likeness (QED) is 0.860. The first-order chi connectivity index (χ1) is 9.05. The number of nitrogens with zero attached hydrogens (tertiary/aromatic N) is 1. The molecule has 19 heavy (non-hydrogen) atoms. The molecule has 0 bridgehead atoms. The topological polar surface area (TPSA) is 66.5 Å². The number of benzene rings is 1. The van der Waals surface area contributed by atoms with Crippen LogP contribution in [-0.2, 0) is 27.4 Å². The van der Waals surface area contributed by atoms with E-state index in [1.165, 1.54) is 4.31 Å². The minimum absolute atomic E-state index is 0.336. The van der Waals surface area contributed by atoms with Crippen LogP contribution < -0.4 is 5.32 Å². The molecule has 0 spiro atoms. The summed E-state index contributed by atoms with van der Waals surface area (Å²) in [6.07, 6.45) is 0. The van der Waals surface area contributed by atoms with Crippen LogP contribution in [0.15, 0.2) is 29.2 Å². The van der Waals surface area contributed by atoms with Crippen molar-refractivity contribution in [3.05, 3.63) is 29.8 Å². The first-order valence-electron chi connectivity index (χ1n) is 6.13. The first kappa shape index (κ1) is 14.6. The van der Waals surface area contributed by atoms with E-state index in [0.29, 0.717) is 36.0 Å². The van der Waals surface area contributed by atoms with Gasteiger partial charge in [0.05, 0.1) is 4.90 Å². The van der Waals surface area contributed by atoms with Gasteiger partial charge in [-0.25, -0.2) is 8.42 Å². The standard InChI is InChI=1S/C12H18N2O3S2/c1-13-10-11-4-2-3-5-12(11)19(16,17)14-6-8-18(15)9-7-14/h2-5,13H,6-10H2,1H3. The second-order valence-electron chi connectivity index (χ2n) is 4.39. The molecule has 5 nitrogen and oxygen atoms in total. The van der Waals surface area contributed by atoms with E-state index in [1.54, 1.807) is 19.2 Å². The van der Waals surface area contributed by atoms with Crippen LogP contribution in [-0.4, -0.2) is 48.6 Å². The Balaban J connectivity index is 2.31. The molecule has 1 aliphatic heterocycles. The second-order valence-corrected chi connectivity index (χ2v) is 7.99. The summed E-state index contributed by atoms with van der Waals surface area (Å²) in [6.45, 7) is 1.18. The van der Waals surface area contributed by atoms with Gasteiger partial charge in [-0.05, 0) is 18.7 Å². The molecule has 1 saturated heterocycles. The lowest BCUT2D eigenvalue weighted by atomic mass is 10.2. The molecule has 0 aromatic heterocycles. The molecule has 0 atom stereocenters. The van der Waals surface area contributed by atoms with Gasteiger partial charge in [0.2, 0.25) is 10.0 Å².